The van der Waals surface area contributed by atoms with Crippen LogP contribution in [0.3, 0.4) is 0 Å². The molecule has 1 atom stereocenters. The quantitative estimate of drug-likeness (QED) is 0.335. The maximum absolute atomic E-state index is 10.2. The zero-order valence-electron chi connectivity index (χ0n) is 17.7. The third kappa shape index (κ3) is 5.93. The topological polar surface area (TPSA) is 57.2 Å². The first-order valence-electron chi connectivity index (χ1n) is 10.6. The second kappa shape index (κ2) is 11.1. The van der Waals surface area contributed by atoms with Crippen LogP contribution in [0.25, 0.3) is 10.8 Å². The Balaban J connectivity index is 1.33. The average Bonchev–Trinajstić information content (AvgIpc) is 2.86. The Labute approximate surface area is 187 Å². The molecule has 0 spiro atoms. The molecule has 1 unspecified atom stereocenters. The van der Waals surface area contributed by atoms with Crippen LogP contribution in [-0.2, 0) is 0 Å². The fraction of sp³-hybridized carbons (Fsp3) is 0.185. The first-order chi connectivity index (χ1) is 15.8. The smallest absolute Gasteiger partial charge is 0.127 e. The lowest BCUT2D eigenvalue weighted by Crippen LogP contribution is -2.25. The maximum Gasteiger partial charge on any atom is 0.127 e. The van der Waals surface area contributed by atoms with E-state index >= 15 is 0 Å². The molecular weight excluding hydrogens is 404 g/mol. The van der Waals surface area contributed by atoms with Crippen molar-refractivity contribution in [2.45, 2.75) is 6.10 Å². The van der Waals surface area contributed by atoms with Gasteiger partial charge in [0.2, 0.25) is 0 Å². The number of rotatable bonds is 11. The summed E-state index contributed by atoms with van der Waals surface area (Å²) < 4.78 is 23.1. The zero-order chi connectivity index (χ0) is 22.0. The van der Waals surface area contributed by atoms with E-state index in [4.69, 9.17) is 18.9 Å². The van der Waals surface area contributed by atoms with Gasteiger partial charge in [0.25, 0.3) is 0 Å². The predicted octanol–water partition coefficient (Wildman–Crippen LogP) is 5.12. The molecule has 5 nitrogen and oxygen atoms in total. The van der Waals surface area contributed by atoms with Crippen LogP contribution < -0.4 is 18.9 Å². The van der Waals surface area contributed by atoms with Gasteiger partial charge in [-0.15, -0.1) is 0 Å². The highest BCUT2D eigenvalue weighted by molar-refractivity contribution is 5.93. The third-order valence-corrected chi connectivity index (χ3v) is 4.81. The van der Waals surface area contributed by atoms with Crippen molar-refractivity contribution < 1.29 is 24.1 Å². The number of hydrogen-bond acceptors (Lipinski definition) is 5. The van der Waals surface area contributed by atoms with Gasteiger partial charge in [-0.25, -0.2) is 0 Å². The summed E-state index contributed by atoms with van der Waals surface area (Å²) in [6, 6.07) is 30.7. The van der Waals surface area contributed by atoms with Crippen molar-refractivity contribution in [1.29, 1.82) is 0 Å². The summed E-state index contributed by atoms with van der Waals surface area (Å²) in [5.41, 5.74) is 0. The lowest BCUT2D eigenvalue weighted by atomic mass is 10.1. The molecule has 0 saturated carbocycles. The van der Waals surface area contributed by atoms with Crippen LogP contribution in [0.15, 0.2) is 97.1 Å². The molecule has 0 aliphatic heterocycles. The molecule has 4 aromatic rings. The molecule has 0 aliphatic carbocycles. The van der Waals surface area contributed by atoms with Crippen molar-refractivity contribution in [1.82, 2.24) is 0 Å². The van der Waals surface area contributed by atoms with Crippen LogP contribution in [0.5, 0.6) is 23.0 Å². The first kappa shape index (κ1) is 21.5. The minimum Gasteiger partial charge on any atom is -0.491 e. The van der Waals surface area contributed by atoms with Gasteiger partial charge in [0.15, 0.2) is 0 Å². The molecule has 0 saturated heterocycles. The van der Waals surface area contributed by atoms with Crippen molar-refractivity contribution in [3.05, 3.63) is 97.1 Å². The largest absolute Gasteiger partial charge is 0.491 e. The van der Waals surface area contributed by atoms with E-state index in [1.54, 1.807) is 0 Å². The molecule has 1 N–H and O–H groups in total. The van der Waals surface area contributed by atoms with E-state index in [2.05, 4.69) is 0 Å². The molecule has 0 aromatic heterocycles. The van der Waals surface area contributed by atoms with Crippen LogP contribution >= 0.6 is 0 Å². The minimum absolute atomic E-state index is 0.127. The van der Waals surface area contributed by atoms with Crippen LogP contribution in [0.2, 0.25) is 0 Å². The second-order valence-corrected chi connectivity index (χ2v) is 7.21. The van der Waals surface area contributed by atoms with E-state index in [1.807, 2.05) is 97.1 Å². The highest BCUT2D eigenvalue weighted by Crippen LogP contribution is 2.33. The fourth-order valence-electron chi connectivity index (χ4n) is 3.27. The molecule has 5 heteroatoms. The summed E-state index contributed by atoms with van der Waals surface area (Å²) >= 11 is 0. The fourth-order valence-corrected chi connectivity index (χ4v) is 3.27. The molecule has 0 amide bonds. The Morgan fingerprint density at radius 3 is 1.59 bits per heavy atom. The number of aliphatic hydroxyl groups excluding tert-OH is 1. The SMILES string of the molecule is OC(COc1ccccc1)COc1ccc(OCCOc2ccccc2)c2ccccc12. The molecule has 32 heavy (non-hydrogen) atoms. The second-order valence-electron chi connectivity index (χ2n) is 7.21. The lowest BCUT2D eigenvalue weighted by Gasteiger charge is -2.16. The Bertz CT molecular complexity index is 1100. The summed E-state index contributed by atoms with van der Waals surface area (Å²) in [6.07, 6.45) is -0.750. The van der Waals surface area contributed by atoms with Gasteiger partial charge < -0.3 is 24.1 Å². The Morgan fingerprint density at radius 2 is 0.969 bits per heavy atom. The standard InChI is InChI=1S/C27H26O5/c28-21(19-31-23-11-5-2-6-12-23)20-32-27-16-15-26(24-13-7-8-14-25(24)27)30-18-17-29-22-9-3-1-4-10-22/h1-16,21,28H,17-20H2. The normalized spacial score (nSPS) is 11.7. The minimum atomic E-state index is -0.750. The van der Waals surface area contributed by atoms with Gasteiger partial charge in [-0.3, -0.25) is 0 Å². The summed E-state index contributed by atoms with van der Waals surface area (Å²) in [5.74, 6) is 2.99. The van der Waals surface area contributed by atoms with Crippen LogP contribution in [0, 0.1) is 0 Å². The molecule has 0 fully saturated rings. The van der Waals surface area contributed by atoms with E-state index in [0.29, 0.717) is 19.0 Å². The molecule has 4 rings (SSSR count). The summed E-state index contributed by atoms with van der Waals surface area (Å²) in [4.78, 5) is 0. The summed E-state index contributed by atoms with van der Waals surface area (Å²) in [7, 11) is 0. The molecule has 4 aromatic carbocycles. The number of aliphatic hydroxyl groups is 1. The number of para-hydroxylation sites is 2. The van der Waals surface area contributed by atoms with Gasteiger partial charge >= 0.3 is 0 Å². The highest BCUT2D eigenvalue weighted by Gasteiger charge is 2.11. The van der Waals surface area contributed by atoms with Crippen molar-refractivity contribution in [3.63, 3.8) is 0 Å². The van der Waals surface area contributed by atoms with Gasteiger partial charge in [0.1, 0.15) is 55.5 Å². The summed E-state index contributed by atoms with van der Waals surface area (Å²) in [6.45, 7) is 1.16. The van der Waals surface area contributed by atoms with Gasteiger partial charge in [-0.1, -0.05) is 60.7 Å². The molecule has 0 radical (unpaired) electrons. The molecule has 0 bridgehead atoms. The van der Waals surface area contributed by atoms with Gasteiger partial charge in [-0.05, 0) is 36.4 Å². The van der Waals surface area contributed by atoms with Gasteiger partial charge in [0, 0.05) is 10.8 Å². The molecule has 164 valence electrons. The van der Waals surface area contributed by atoms with E-state index in [1.165, 1.54) is 0 Å². The predicted molar refractivity (Wildman–Crippen MR) is 125 cm³/mol. The summed E-state index contributed by atoms with van der Waals surface area (Å²) in [5, 5.41) is 12.1. The molecule has 0 heterocycles. The van der Waals surface area contributed by atoms with Crippen molar-refractivity contribution in [3.8, 4) is 23.0 Å². The molecule has 0 aliphatic rings. The van der Waals surface area contributed by atoms with Crippen LogP contribution in [0.1, 0.15) is 0 Å². The maximum atomic E-state index is 10.2. The number of ether oxygens (including phenoxy) is 4. The third-order valence-electron chi connectivity index (χ3n) is 4.81. The average molecular weight is 431 g/mol. The Morgan fingerprint density at radius 1 is 0.500 bits per heavy atom. The number of fused-ring (bicyclic) bond motifs is 1. The highest BCUT2D eigenvalue weighted by atomic mass is 16.5. The Kier molecular flexibility index (Phi) is 7.45. The number of benzene rings is 4. The Hall–Kier alpha value is -3.70. The van der Waals surface area contributed by atoms with E-state index in [9.17, 15) is 5.11 Å². The van der Waals surface area contributed by atoms with Crippen LogP contribution in [-0.4, -0.2) is 37.6 Å². The zero-order valence-corrected chi connectivity index (χ0v) is 17.7. The van der Waals surface area contributed by atoms with E-state index in [0.717, 1.165) is 28.0 Å². The first-order valence-corrected chi connectivity index (χ1v) is 10.6. The van der Waals surface area contributed by atoms with Gasteiger partial charge in [-0.2, -0.15) is 0 Å². The monoisotopic (exact) mass is 430 g/mol. The van der Waals surface area contributed by atoms with E-state index in [-0.39, 0.29) is 13.2 Å². The molecular formula is C27H26O5. The number of hydrogen-bond donors (Lipinski definition) is 1. The van der Waals surface area contributed by atoms with Crippen LogP contribution in [0.4, 0.5) is 0 Å². The van der Waals surface area contributed by atoms with Crippen molar-refractivity contribution in [2.75, 3.05) is 26.4 Å². The van der Waals surface area contributed by atoms with E-state index < -0.39 is 6.10 Å². The van der Waals surface area contributed by atoms with Crippen molar-refractivity contribution in [2.24, 2.45) is 0 Å². The van der Waals surface area contributed by atoms with Crippen molar-refractivity contribution >= 4 is 10.8 Å². The lowest BCUT2D eigenvalue weighted by molar-refractivity contribution is 0.0632. The van der Waals surface area contributed by atoms with Gasteiger partial charge in [0.05, 0.1) is 0 Å².